The molecule has 1 amide bonds. The predicted molar refractivity (Wildman–Crippen MR) is 126 cm³/mol. The highest BCUT2D eigenvalue weighted by atomic mass is 32.2. The van der Waals surface area contributed by atoms with Gasteiger partial charge >= 0.3 is 0 Å². The lowest BCUT2D eigenvalue weighted by molar-refractivity contribution is -0.123. The second-order valence-electron chi connectivity index (χ2n) is 7.96. The number of ether oxygens (including phenoxy) is 1. The zero-order valence-corrected chi connectivity index (χ0v) is 19.8. The number of hydrogen-bond donors (Lipinski definition) is 2. The Morgan fingerprint density at radius 3 is 2.27 bits per heavy atom. The van der Waals surface area contributed by atoms with Gasteiger partial charge in [-0.25, -0.2) is 12.8 Å². The molecular formula is C25H27FN2O4S. The number of benzene rings is 3. The van der Waals surface area contributed by atoms with Gasteiger partial charge in [-0.3, -0.25) is 9.52 Å². The van der Waals surface area contributed by atoms with Gasteiger partial charge in [0.1, 0.15) is 11.6 Å². The van der Waals surface area contributed by atoms with E-state index in [9.17, 15) is 17.6 Å². The molecule has 8 heteroatoms. The molecule has 0 heterocycles. The van der Waals surface area contributed by atoms with Crippen molar-refractivity contribution in [3.8, 4) is 5.75 Å². The molecule has 3 aromatic rings. The summed E-state index contributed by atoms with van der Waals surface area (Å²) in [5.74, 6) is -0.283. The van der Waals surface area contributed by atoms with Crippen LogP contribution in [0.4, 0.5) is 10.1 Å². The summed E-state index contributed by atoms with van der Waals surface area (Å²) in [7, 11) is -3.77. The van der Waals surface area contributed by atoms with E-state index >= 15 is 0 Å². The van der Waals surface area contributed by atoms with Crippen molar-refractivity contribution < 1.29 is 22.3 Å². The summed E-state index contributed by atoms with van der Waals surface area (Å²) >= 11 is 0. The first-order valence-electron chi connectivity index (χ1n) is 10.4. The molecule has 0 unspecified atom stereocenters. The summed E-state index contributed by atoms with van der Waals surface area (Å²) < 4.78 is 46.7. The molecule has 0 bridgehead atoms. The molecule has 6 nitrogen and oxygen atoms in total. The second-order valence-corrected chi connectivity index (χ2v) is 9.64. The minimum absolute atomic E-state index is 0.0972. The van der Waals surface area contributed by atoms with Crippen molar-refractivity contribution >= 4 is 21.6 Å². The topological polar surface area (TPSA) is 84.5 Å². The zero-order valence-electron chi connectivity index (χ0n) is 19.0. The van der Waals surface area contributed by atoms with Crippen molar-refractivity contribution in [1.29, 1.82) is 0 Å². The minimum atomic E-state index is -3.77. The lowest BCUT2D eigenvalue weighted by Crippen LogP contribution is -2.31. The van der Waals surface area contributed by atoms with Crippen molar-refractivity contribution in [2.24, 2.45) is 0 Å². The maximum absolute atomic E-state index is 13.1. The van der Waals surface area contributed by atoms with Crippen LogP contribution < -0.4 is 14.8 Å². The highest BCUT2D eigenvalue weighted by Crippen LogP contribution is 2.24. The molecule has 33 heavy (non-hydrogen) atoms. The Bertz CT molecular complexity index is 1260. The van der Waals surface area contributed by atoms with Crippen LogP contribution in [0.25, 0.3) is 0 Å². The van der Waals surface area contributed by atoms with Gasteiger partial charge in [0.2, 0.25) is 0 Å². The monoisotopic (exact) mass is 470 g/mol. The van der Waals surface area contributed by atoms with Gasteiger partial charge in [-0.05, 0) is 92.4 Å². The van der Waals surface area contributed by atoms with E-state index in [1.54, 1.807) is 38.1 Å². The van der Waals surface area contributed by atoms with E-state index in [1.807, 2.05) is 19.9 Å². The van der Waals surface area contributed by atoms with Gasteiger partial charge in [0, 0.05) is 5.69 Å². The van der Waals surface area contributed by atoms with Crippen LogP contribution in [0.5, 0.6) is 5.75 Å². The van der Waals surface area contributed by atoms with E-state index < -0.39 is 10.0 Å². The first kappa shape index (κ1) is 24.3. The maximum Gasteiger partial charge on any atom is 0.261 e. The van der Waals surface area contributed by atoms with Crippen LogP contribution in [0.3, 0.4) is 0 Å². The highest BCUT2D eigenvalue weighted by Gasteiger charge is 2.17. The smallest absolute Gasteiger partial charge is 0.261 e. The fourth-order valence-electron chi connectivity index (χ4n) is 3.23. The average Bonchev–Trinajstić information content (AvgIpc) is 2.75. The number of aryl methyl sites for hydroxylation is 3. The zero-order chi connectivity index (χ0) is 24.2. The van der Waals surface area contributed by atoms with Crippen LogP contribution in [0, 0.1) is 26.6 Å². The largest absolute Gasteiger partial charge is 0.484 e. The van der Waals surface area contributed by atoms with Gasteiger partial charge in [-0.1, -0.05) is 18.2 Å². The first-order valence-corrected chi connectivity index (χ1v) is 11.9. The Labute approximate surface area is 193 Å². The van der Waals surface area contributed by atoms with Crippen molar-refractivity contribution in [2.45, 2.75) is 38.6 Å². The van der Waals surface area contributed by atoms with E-state index in [-0.39, 0.29) is 29.3 Å². The maximum atomic E-state index is 13.1. The first-order chi connectivity index (χ1) is 15.5. The summed E-state index contributed by atoms with van der Waals surface area (Å²) in [4.78, 5) is 12.3. The van der Waals surface area contributed by atoms with Crippen LogP contribution in [0.15, 0.2) is 65.6 Å². The number of sulfonamides is 1. The Morgan fingerprint density at radius 2 is 1.64 bits per heavy atom. The van der Waals surface area contributed by atoms with E-state index in [1.165, 1.54) is 30.3 Å². The van der Waals surface area contributed by atoms with Crippen LogP contribution in [-0.4, -0.2) is 20.9 Å². The van der Waals surface area contributed by atoms with Gasteiger partial charge in [0.25, 0.3) is 15.9 Å². The molecule has 0 radical (unpaired) electrons. The van der Waals surface area contributed by atoms with Crippen molar-refractivity contribution in [1.82, 2.24) is 5.32 Å². The predicted octanol–water partition coefficient (Wildman–Crippen LogP) is 4.81. The van der Waals surface area contributed by atoms with E-state index in [2.05, 4.69) is 10.0 Å². The minimum Gasteiger partial charge on any atom is -0.484 e. The molecule has 0 fully saturated rings. The second kappa shape index (κ2) is 10.0. The van der Waals surface area contributed by atoms with Gasteiger partial charge in [-0.15, -0.1) is 0 Å². The number of carbonyl (C=O) groups is 1. The fourth-order valence-corrected chi connectivity index (χ4v) is 4.37. The van der Waals surface area contributed by atoms with E-state index in [0.29, 0.717) is 17.0 Å². The molecule has 174 valence electrons. The van der Waals surface area contributed by atoms with Crippen LogP contribution in [0.2, 0.25) is 0 Å². The molecule has 2 N–H and O–H groups in total. The van der Waals surface area contributed by atoms with Crippen LogP contribution in [-0.2, 0) is 14.8 Å². The molecule has 0 spiro atoms. The average molecular weight is 471 g/mol. The lowest BCUT2D eigenvalue weighted by Gasteiger charge is -2.16. The van der Waals surface area contributed by atoms with Crippen molar-refractivity contribution in [3.63, 3.8) is 0 Å². The number of nitrogens with one attached hydrogen (secondary N) is 2. The summed E-state index contributed by atoms with van der Waals surface area (Å²) in [6.45, 7) is 7.14. The Hall–Kier alpha value is -3.39. The molecule has 0 aliphatic rings. The van der Waals surface area contributed by atoms with Gasteiger partial charge in [0.05, 0.1) is 10.9 Å². The molecule has 0 saturated heterocycles. The molecule has 3 aromatic carbocycles. The van der Waals surface area contributed by atoms with E-state index in [4.69, 9.17) is 4.74 Å². The molecule has 3 rings (SSSR count). The van der Waals surface area contributed by atoms with Crippen molar-refractivity contribution in [2.75, 3.05) is 11.3 Å². The molecule has 0 aliphatic carbocycles. The van der Waals surface area contributed by atoms with Crippen molar-refractivity contribution in [3.05, 3.63) is 88.7 Å². The third kappa shape index (κ3) is 6.32. The summed E-state index contributed by atoms with van der Waals surface area (Å²) in [6, 6.07) is 15.4. The molecule has 1 atom stereocenters. The lowest BCUT2D eigenvalue weighted by atomic mass is 10.1. The number of carbonyl (C=O) groups excluding carboxylic acids is 1. The summed E-state index contributed by atoms with van der Waals surface area (Å²) in [5.41, 5.74) is 3.90. The van der Waals surface area contributed by atoms with Crippen LogP contribution in [0.1, 0.15) is 35.2 Å². The molecule has 0 aromatic heterocycles. The number of rotatable bonds is 8. The quantitative estimate of drug-likeness (QED) is 0.495. The Balaban J connectivity index is 1.62. The molecular weight excluding hydrogens is 443 g/mol. The fraction of sp³-hybridized carbons (Fsp3) is 0.240. The summed E-state index contributed by atoms with van der Waals surface area (Å²) in [6.07, 6.45) is 0. The number of hydrogen-bond acceptors (Lipinski definition) is 4. The van der Waals surface area contributed by atoms with Crippen LogP contribution >= 0.6 is 0 Å². The third-order valence-corrected chi connectivity index (χ3v) is 6.70. The SMILES string of the molecule is Cc1ccc(NS(=O)(=O)c2ccc(OCC(=O)N[C@H](C)c3ccc(F)cc3)c(C)c2)cc1C. The van der Waals surface area contributed by atoms with Gasteiger partial charge < -0.3 is 10.1 Å². The molecule has 0 aliphatic heterocycles. The highest BCUT2D eigenvalue weighted by molar-refractivity contribution is 7.92. The normalized spacial score (nSPS) is 12.2. The van der Waals surface area contributed by atoms with Gasteiger partial charge in [0.15, 0.2) is 6.61 Å². The molecule has 0 saturated carbocycles. The number of halogens is 1. The van der Waals surface area contributed by atoms with Gasteiger partial charge in [-0.2, -0.15) is 0 Å². The van der Waals surface area contributed by atoms with E-state index in [0.717, 1.165) is 16.7 Å². The number of anilines is 1. The Kier molecular flexibility index (Phi) is 7.38. The third-order valence-electron chi connectivity index (χ3n) is 5.32. The number of amides is 1. The Morgan fingerprint density at radius 1 is 0.939 bits per heavy atom. The standard InChI is InChI=1S/C25H27FN2O4S/c1-16-5-10-22(13-17(16)2)28-33(30,31)23-11-12-24(18(3)14-23)32-15-25(29)27-19(4)20-6-8-21(26)9-7-20/h5-14,19,28H,15H2,1-4H3,(H,27,29)/t19-/m1/s1. The summed E-state index contributed by atoms with van der Waals surface area (Å²) in [5, 5.41) is 2.78.